The molecule has 0 saturated carbocycles. The second-order valence-electron chi connectivity index (χ2n) is 5.15. The molecule has 1 unspecified atom stereocenters. The van der Waals surface area contributed by atoms with Crippen LogP contribution < -0.4 is 16.0 Å². The number of thiophene rings is 1. The molecule has 134 valence electrons. The number of aliphatic imine (C=N–C) groups is 1. The van der Waals surface area contributed by atoms with E-state index in [1.165, 1.54) is 11.3 Å². The molecule has 0 fully saturated rings. The van der Waals surface area contributed by atoms with E-state index >= 15 is 0 Å². The number of anilines is 1. The Labute approximate surface area is 155 Å². The average molecular weight is 381 g/mol. The van der Waals surface area contributed by atoms with Gasteiger partial charge < -0.3 is 21.1 Å². The molecular weight excluding hydrogens is 360 g/mol. The molecule has 0 aliphatic carbocycles. The van der Waals surface area contributed by atoms with Gasteiger partial charge in [0.1, 0.15) is 12.6 Å². The molecular formula is C17H21ClN4O2S. The topological polar surface area (TPSA) is 85.8 Å². The fraction of sp³-hybridized carbons (Fsp3) is 0.294. The van der Waals surface area contributed by atoms with Crippen LogP contribution in [0.3, 0.4) is 0 Å². The highest BCUT2D eigenvalue weighted by Gasteiger charge is 2.11. The predicted octanol–water partition coefficient (Wildman–Crippen LogP) is 2.63. The summed E-state index contributed by atoms with van der Waals surface area (Å²) in [5.74, 6) is 0.251. The molecule has 2 aromatic rings. The highest BCUT2D eigenvalue weighted by atomic mass is 35.5. The summed E-state index contributed by atoms with van der Waals surface area (Å²) in [6.45, 7) is 2.82. The quantitative estimate of drug-likeness (QED) is 0.439. The summed E-state index contributed by atoms with van der Waals surface area (Å²) in [5, 5.41) is 19.0. The van der Waals surface area contributed by atoms with Gasteiger partial charge in [0.15, 0.2) is 5.96 Å². The van der Waals surface area contributed by atoms with E-state index in [0.29, 0.717) is 16.8 Å². The van der Waals surface area contributed by atoms with Gasteiger partial charge >= 0.3 is 0 Å². The maximum Gasteiger partial charge on any atom is 0.246 e. The van der Waals surface area contributed by atoms with Crippen molar-refractivity contribution in [3.63, 3.8) is 0 Å². The Morgan fingerprint density at radius 2 is 2.00 bits per heavy atom. The van der Waals surface area contributed by atoms with E-state index in [-0.39, 0.29) is 19.0 Å². The minimum absolute atomic E-state index is 0.0227. The SMILES string of the molecule is CCNC(=NCC(=O)Nc1ccccc1)NCC(O)c1ccc(Cl)s1. The Hall–Kier alpha value is -2.09. The molecule has 0 aliphatic rings. The molecule has 6 nitrogen and oxygen atoms in total. The number of halogens is 1. The highest BCUT2D eigenvalue weighted by Crippen LogP contribution is 2.26. The molecule has 0 spiro atoms. The van der Waals surface area contributed by atoms with Gasteiger partial charge in [0, 0.05) is 23.7 Å². The lowest BCUT2D eigenvalue weighted by molar-refractivity contribution is -0.114. The highest BCUT2D eigenvalue weighted by molar-refractivity contribution is 7.16. The average Bonchev–Trinajstić information content (AvgIpc) is 3.04. The zero-order valence-electron chi connectivity index (χ0n) is 13.8. The fourth-order valence-corrected chi connectivity index (χ4v) is 3.06. The van der Waals surface area contributed by atoms with Gasteiger partial charge in [-0.05, 0) is 31.2 Å². The van der Waals surface area contributed by atoms with Gasteiger partial charge in [-0.15, -0.1) is 11.3 Å². The molecule has 0 radical (unpaired) electrons. The van der Waals surface area contributed by atoms with Gasteiger partial charge in [0.25, 0.3) is 0 Å². The summed E-state index contributed by atoms with van der Waals surface area (Å²) in [5.41, 5.74) is 0.727. The van der Waals surface area contributed by atoms with Crippen LogP contribution in [0.1, 0.15) is 17.9 Å². The molecule has 2 rings (SSSR count). The number of amides is 1. The Morgan fingerprint density at radius 3 is 2.64 bits per heavy atom. The van der Waals surface area contributed by atoms with E-state index in [9.17, 15) is 9.90 Å². The van der Waals surface area contributed by atoms with Crippen molar-refractivity contribution in [1.29, 1.82) is 0 Å². The second-order valence-corrected chi connectivity index (χ2v) is 6.89. The molecule has 1 amide bonds. The maximum absolute atomic E-state index is 11.9. The standard InChI is InChI=1S/C17H21ClN4O2S/c1-2-19-17(20-10-13(23)14-8-9-15(18)25-14)21-11-16(24)22-12-6-4-3-5-7-12/h3-9,13,23H,2,10-11H2,1H3,(H,22,24)(H2,19,20,21). The molecule has 1 aromatic carbocycles. The summed E-state index contributed by atoms with van der Waals surface area (Å²) in [4.78, 5) is 16.9. The first kappa shape index (κ1) is 19.2. The van der Waals surface area contributed by atoms with E-state index in [4.69, 9.17) is 11.6 Å². The van der Waals surface area contributed by atoms with E-state index in [0.717, 1.165) is 10.6 Å². The number of guanidine groups is 1. The van der Waals surface area contributed by atoms with Crippen LogP contribution in [0.4, 0.5) is 5.69 Å². The lowest BCUT2D eigenvalue weighted by Crippen LogP contribution is -2.40. The summed E-state index contributed by atoms with van der Waals surface area (Å²) in [6.07, 6.45) is -0.695. The number of carbonyl (C=O) groups excluding carboxylic acids is 1. The van der Waals surface area contributed by atoms with Crippen LogP contribution in [-0.4, -0.2) is 36.6 Å². The van der Waals surface area contributed by atoms with Crippen molar-refractivity contribution in [2.75, 3.05) is 25.0 Å². The maximum atomic E-state index is 11.9. The predicted molar refractivity (Wildman–Crippen MR) is 103 cm³/mol. The van der Waals surface area contributed by atoms with Crippen molar-refractivity contribution in [3.05, 3.63) is 51.7 Å². The van der Waals surface area contributed by atoms with Crippen molar-refractivity contribution in [2.24, 2.45) is 4.99 Å². The molecule has 0 saturated heterocycles. The molecule has 0 bridgehead atoms. The number of nitrogens with one attached hydrogen (secondary N) is 3. The minimum Gasteiger partial charge on any atom is -0.386 e. The molecule has 1 aromatic heterocycles. The lowest BCUT2D eigenvalue weighted by atomic mass is 10.3. The first-order valence-electron chi connectivity index (χ1n) is 7.89. The third-order valence-electron chi connectivity index (χ3n) is 3.17. The number of aliphatic hydroxyl groups is 1. The smallest absolute Gasteiger partial charge is 0.246 e. The normalized spacial score (nSPS) is 12.5. The number of nitrogens with zero attached hydrogens (tertiary/aromatic N) is 1. The number of hydrogen-bond donors (Lipinski definition) is 4. The van der Waals surface area contributed by atoms with Crippen LogP contribution >= 0.6 is 22.9 Å². The number of aliphatic hydroxyl groups excluding tert-OH is 1. The molecule has 1 heterocycles. The second kappa shape index (κ2) is 10.0. The molecule has 8 heteroatoms. The van der Waals surface area contributed by atoms with Gasteiger partial charge in [-0.3, -0.25) is 4.79 Å². The van der Waals surface area contributed by atoms with Crippen LogP contribution in [0, 0.1) is 0 Å². The molecule has 25 heavy (non-hydrogen) atoms. The van der Waals surface area contributed by atoms with Gasteiger partial charge in [-0.1, -0.05) is 29.8 Å². The number of benzene rings is 1. The van der Waals surface area contributed by atoms with Crippen LogP contribution in [0.5, 0.6) is 0 Å². The molecule has 4 N–H and O–H groups in total. The van der Waals surface area contributed by atoms with Crippen LogP contribution in [0.25, 0.3) is 0 Å². The first-order chi connectivity index (χ1) is 12.1. The van der Waals surface area contributed by atoms with E-state index < -0.39 is 6.10 Å². The van der Waals surface area contributed by atoms with Crippen LogP contribution in [0.15, 0.2) is 47.5 Å². The summed E-state index contributed by atoms with van der Waals surface area (Å²) in [7, 11) is 0. The van der Waals surface area contributed by atoms with Crippen molar-refractivity contribution in [3.8, 4) is 0 Å². The van der Waals surface area contributed by atoms with E-state index in [2.05, 4.69) is 20.9 Å². The fourth-order valence-electron chi connectivity index (χ4n) is 2.02. The first-order valence-corrected chi connectivity index (χ1v) is 9.08. The van der Waals surface area contributed by atoms with Crippen molar-refractivity contribution >= 4 is 40.5 Å². The third kappa shape index (κ3) is 6.74. The Morgan fingerprint density at radius 1 is 1.24 bits per heavy atom. The monoisotopic (exact) mass is 380 g/mol. The lowest BCUT2D eigenvalue weighted by Gasteiger charge is -2.14. The Balaban J connectivity index is 1.86. The van der Waals surface area contributed by atoms with Gasteiger partial charge in [0.2, 0.25) is 5.91 Å². The number of para-hydroxylation sites is 1. The van der Waals surface area contributed by atoms with Crippen molar-refractivity contribution in [1.82, 2.24) is 10.6 Å². The van der Waals surface area contributed by atoms with Gasteiger partial charge in [-0.2, -0.15) is 0 Å². The number of carbonyl (C=O) groups is 1. The minimum atomic E-state index is -0.695. The summed E-state index contributed by atoms with van der Waals surface area (Å²) in [6, 6.07) is 12.7. The zero-order valence-corrected chi connectivity index (χ0v) is 15.4. The largest absolute Gasteiger partial charge is 0.386 e. The zero-order chi connectivity index (χ0) is 18.1. The molecule has 0 aliphatic heterocycles. The Kier molecular flexibility index (Phi) is 7.72. The van der Waals surface area contributed by atoms with Crippen molar-refractivity contribution in [2.45, 2.75) is 13.0 Å². The van der Waals surface area contributed by atoms with E-state index in [1.807, 2.05) is 37.3 Å². The van der Waals surface area contributed by atoms with Gasteiger partial charge in [-0.25, -0.2) is 4.99 Å². The van der Waals surface area contributed by atoms with Crippen LogP contribution in [0.2, 0.25) is 4.34 Å². The molecule has 1 atom stereocenters. The summed E-state index contributed by atoms with van der Waals surface area (Å²) < 4.78 is 0.632. The third-order valence-corrected chi connectivity index (χ3v) is 4.50. The van der Waals surface area contributed by atoms with Gasteiger partial charge in [0.05, 0.1) is 4.34 Å². The number of hydrogen-bond acceptors (Lipinski definition) is 4. The van der Waals surface area contributed by atoms with Crippen LogP contribution in [-0.2, 0) is 4.79 Å². The summed E-state index contributed by atoms with van der Waals surface area (Å²) >= 11 is 7.21. The number of rotatable bonds is 7. The Bertz CT molecular complexity index is 706. The van der Waals surface area contributed by atoms with E-state index in [1.54, 1.807) is 12.1 Å². The van der Waals surface area contributed by atoms with Crippen molar-refractivity contribution < 1.29 is 9.90 Å².